The van der Waals surface area contributed by atoms with E-state index in [2.05, 4.69) is 30.5 Å². The van der Waals surface area contributed by atoms with Gasteiger partial charge in [0.2, 0.25) is 0 Å². The molecule has 1 N–H and O–H groups in total. The molecule has 0 saturated carbocycles. The summed E-state index contributed by atoms with van der Waals surface area (Å²) in [5.41, 5.74) is 2.20. The zero-order chi connectivity index (χ0) is 12.0. The van der Waals surface area contributed by atoms with E-state index in [0.717, 1.165) is 11.1 Å². The molecule has 0 radical (unpaired) electrons. The minimum atomic E-state index is -0.398. The van der Waals surface area contributed by atoms with Gasteiger partial charge in [0.1, 0.15) is 0 Å². The number of hydrogen-bond donors (Lipinski definition) is 1. The Kier molecular flexibility index (Phi) is 5.75. The number of amides is 1. The van der Waals surface area contributed by atoms with Crippen molar-refractivity contribution >= 4 is 6.09 Å². The number of ether oxygens (including phenoxy) is 1. The second-order valence-corrected chi connectivity index (χ2v) is 3.93. The summed E-state index contributed by atoms with van der Waals surface area (Å²) >= 11 is 0. The molecule has 1 amide bonds. The highest BCUT2D eigenvalue weighted by atomic mass is 16.5. The maximum Gasteiger partial charge on any atom is 0.407 e. The highest BCUT2D eigenvalue weighted by Gasteiger charge is 2.18. The van der Waals surface area contributed by atoms with Crippen molar-refractivity contribution in [1.82, 2.24) is 5.32 Å². The molecule has 0 aliphatic heterocycles. The second kappa shape index (κ2) is 6.27. The summed E-state index contributed by atoms with van der Waals surface area (Å²) in [6.45, 7) is 11.8. The molecule has 0 heterocycles. The van der Waals surface area contributed by atoms with E-state index in [-0.39, 0.29) is 6.04 Å². The zero-order valence-corrected chi connectivity index (χ0v) is 10.3. The van der Waals surface area contributed by atoms with E-state index in [1.165, 1.54) is 7.11 Å². The molecule has 0 saturated heterocycles. The Balaban J connectivity index is 4.82. The quantitative estimate of drug-likeness (QED) is 0.726. The minimum absolute atomic E-state index is 0.00421. The van der Waals surface area contributed by atoms with Gasteiger partial charge < -0.3 is 10.1 Å². The Bertz CT molecular complexity index is 267. The predicted octanol–water partition coefficient (Wildman–Crippen LogP) is 2.89. The van der Waals surface area contributed by atoms with Crippen LogP contribution in [0.1, 0.15) is 27.7 Å². The van der Waals surface area contributed by atoms with E-state index >= 15 is 0 Å². The molecule has 0 aromatic rings. The van der Waals surface area contributed by atoms with Crippen molar-refractivity contribution in [2.75, 3.05) is 7.11 Å². The number of nitrogens with one attached hydrogen (secondary N) is 1. The van der Waals surface area contributed by atoms with Crippen molar-refractivity contribution in [2.24, 2.45) is 5.92 Å². The van der Waals surface area contributed by atoms with Crippen LogP contribution >= 0.6 is 0 Å². The third-order valence-electron chi connectivity index (χ3n) is 2.52. The van der Waals surface area contributed by atoms with Crippen LogP contribution in [0.3, 0.4) is 0 Å². The molecule has 0 spiro atoms. The van der Waals surface area contributed by atoms with Gasteiger partial charge in [0.25, 0.3) is 0 Å². The molecule has 0 aliphatic carbocycles. The molecule has 3 nitrogen and oxygen atoms in total. The summed E-state index contributed by atoms with van der Waals surface area (Å²) in [4.78, 5) is 11.2. The Morgan fingerprint density at radius 3 is 2.27 bits per heavy atom. The number of carbonyl (C=O) groups is 1. The summed E-state index contributed by atoms with van der Waals surface area (Å²) in [7, 11) is 1.37. The molecule has 0 fully saturated rings. The standard InChI is InChI=1S/C12H21NO2/c1-7-9(4)10(5)11(8(2)3)13-12(14)15-6/h7-8,11H,1H2,2-6H3,(H,13,14). The van der Waals surface area contributed by atoms with Crippen LogP contribution in [-0.2, 0) is 4.74 Å². The van der Waals surface area contributed by atoms with Gasteiger partial charge in [-0.3, -0.25) is 0 Å². The highest BCUT2D eigenvalue weighted by molar-refractivity contribution is 5.68. The van der Waals surface area contributed by atoms with Gasteiger partial charge in [-0.2, -0.15) is 0 Å². The number of methoxy groups -OCH3 is 1. The van der Waals surface area contributed by atoms with Gasteiger partial charge in [0.05, 0.1) is 13.2 Å². The van der Waals surface area contributed by atoms with Crippen molar-refractivity contribution in [3.8, 4) is 0 Å². The minimum Gasteiger partial charge on any atom is -0.453 e. The monoisotopic (exact) mass is 211 g/mol. The van der Waals surface area contributed by atoms with Gasteiger partial charge in [0.15, 0.2) is 0 Å². The van der Waals surface area contributed by atoms with Crippen molar-refractivity contribution in [3.63, 3.8) is 0 Å². The van der Waals surface area contributed by atoms with E-state index in [1.807, 2.05) is 13.8 Å². The van der Waals surface area contributed by atoms with Crippen molar-refractivity contribution in [2.45, 2.75) is 33.7 Å². The maximum absolute atomic E-state index is 11.2. The average molecular weight is 211 g/mol. The first kappa shape index (κ1) is 13.8. The molecule has 0 aromatic carbocycles. The van der Waals surface area contributed by atoms with Crippen LogP contribution in [0.4, 0.5) is 4.79 Å². The van der Waals surface area contributed by atoms with Gasteiger partial charge >= 0.3 is 6.09 Å². The lowest BCUT2D eigenvalue weighted by Gasteiger charge is -2.23. The van der Waals surface area contributed by atoms with Crippen LogP contribution < -0.4 is 5.32 Å². The number of hydrogen-bond acceptors (Lipinski definition) is 2. The van der Waals surface area contributed by atoms with Crippen LogP contribution in [0, 0.1) is 5.92 Å². The molecule has 1 unspecified atom stereocenters. The summed E-state index contributed by atoms with van der Waals surface area (Å²) in [6, 6.07) is -0.00421. The first-order valence-electron chi connectivity index (χ1n) is 5.08. The fourth-order valence-electron chi connectivity index (χ4n) is 1.37. The van der Waals surface area contributed by atoms with E-state index in [1.54, 1.807) is 6.08 Å². The molecular weight excluding hydrogens is 190 g/mol. The van der Waals surface area contributed by atoms with Gasteiger partial charge in [-0.25, -0.2) is 4.79 Å². The Labute approximate surface area is 92.2 Å². The summed E-state index contributed by atoms with van der Waals surface area (Å²) < 4.78 is 4.60. The summed E-state index contributed by atoms with van der Waals surface area (Å²) in [6.07, 6.45) is 1.40. The fourth-order valence-corrected chi connectivity index (χ4v) is 1.37. The largest absolute Gasteiger partial charge is 0.453 e. The topological polar surface area (TPSA) is 38.3 Å². The number of allylic oxidation sites excluding steroid dienone is 2. The normalized spacial score (nSPS) is 14.3. The lowest BCUT2D eigenvalue weighted by atomic mass is 9.94. The van der Waals surface area contributed by atoms with E-state index in [0.29, 0.717) is 5.92 Å². The first-order chi connectivity index (χ1) is 6.93. The highest BCUT2D eigenvalue weighted by Crippen LogP contribution is 2.16. The SMILES string of the molecule is C=CC(C)=C(C)C(NC(=O)OC)C(C)C. The lowest BCUT2D eigenvalue weighted by molar-refractivity contribution is 0.165. The van der Waals surface area contributed by atoms with Gasteiger partial charge in [-0.05, 0) is 25.3 Å². The van der Waals surface area contributed by atoms with E-state index in [4.69, 9.17) is 0 Å². The number of rotatable bonds is 4. The summed E-state index contributed by atoms with van der Waals surface area (Å²) in [5.74, 6) is 0.319. The molecule has 0 aliphatic rings. The van der Waals surface area contributed by atoms with Crippen molar-refractivity contribution in [3.05, 3.63) is 23.8 Å². The number of carbonyl (C=O) groups excluding carboxylic acids is 1. The smallest absolute Gasteiger partial charge is 0.407 e. The molecule has 1 atom stereocenters. The van der Waals surface area contributed by atoms with Gasteiger partial charge in [-0.1, -0.05) is 32.1 Å². The van der Waals surface area contributed by atoms with Crippen LogP contribution in [-0.4, -0.2) is 19.2 Å². The first-order valence-corrected chi connectivity index (χ1v) is 5.08. The molecular formula is C12H21NO2. The summed E-state index contributed by atoms with van der Waals surface area (Å²) in [5, 5.41) is 2.81. The fraction of sp³-hybridized carbons (Fsp3) is 0.583. The van der Waals surface area contributed by atoms with E-state index < -0.39 is 6.09 Å². The Morgan fingerprint density at radius 1 is 1.40 bits per heavy atom. The zero-order valence-electron chi connectivity index (χ0n) is 10.3. The average Bonchev–Trinajstić information content (AvgIpc) is 2.22. The molecule has 0 bridgehead atoms. The lowest BCUT2D eigenvalue weighted by Crippen LogP contribution is -2.39. The van der Waals surface area contributed by atoms with Crippen molar-refractivity contribution in [1.29, 1.82) is 0 Å². The Hall–Kier alpha value is -1.25. The third kappa shape index (κ3) is 4.19. The molecule has 15 heavy (non-hydrogen) atoms. The van der Waals surface area contributed by atoms with Gasteiger partial charge in [0, 0.05) is 0 Å². The van der Waals surface area contributed by atoms with Crippen molar-refractivity contribution < 1.29 is 9.53 Å². The van der Waals surface area contributed by atoms with Crippen LogP contribution in [0.5, 0.6) is 0 Å². The van der Waals surface area contributed by atoms with Crippen LogP contribution in [0.2, 0.25) is 0 Å². The molecule has 0 aromatic heterocycles. The van der Waals surface area contributed by atoms with Gasteiger partial charge in [-0.15, -0.1) is 0 Å². The second-order valence-electron chi connectivity index (χ2n) is 3.93. The predicted molar refractivity (Wildman–Crippen MR) is 62.7 cm³/mol. The van der Waals surface area contributed by atoms with Crippen LogP contribution in [0.25, 0.3) is 0 Å². The number of alkyl carbamates (subject to hydrolysis) is 1. The maximum atomic E-state index is 11.2. The molecule has 0 rings (SSSR count). The molecule has 86 valence electrons. The third-order valence-corrected chi connectivity index (χ3v) is 2.52. The van der Waals surface area contributed by atoms with Crippen LogP contribution in [0.15, 0.2) is 23.8 Å². The molecule has 3 heteroatoms. The Morgan fingerprint density at radius 2 is 1.93 bits per heavy atom. The van der Waals surface area contributed by atoms with E-state index in [9.17, 15) is 4.79 Å².